The maximum absolute atomic E-state index is 13.3. The van der Waals surface area contributed by atoms with E-state index in [1.807, 2.05) is 64.9 Å². The Morgan fingerprint density at radius 1 is 1.10 bits per heavy atom. The van der Waals surface area contributed by atoms with Crippen molar-refractivity contribution in [3.05, 3.63) is 65.5 Å². The van der Waals surface area contributed by atoms with Crippen LogP contribution in [-0.2, 0) is 0 Å². The van der Waals surface area contributed by atoms with Gasteiger partial charge in [0, 0.05) is 23.1 Å². The summed E-state index contributed by atoms with van der Waals surface area (Å²) in [5.41, 5.74) is 2.59. The first-order valence-corrected chi connectivity index (χ1v) is 11.3. The molecule has 3 aromatic rings. The fourth-order valence-corrected chi connectivity index (χ4v) is 4.62. The number of thiazole rings is 1. The second-order valence-electron chi connectivity index (χ2n) is 7.47. The van der Waals surface area contributed by atoms with Crippen molar-refractivity contribution < 1.29 is 9.53 Å². The van der Waals surface area contributed by atoms with E-state index in [1.54, 1.807) is 7.11 Å². The molecule has 0 radical (unpaired) electrons. The summed E-state index contributed by atoms with van der Waals surface area (Å²) in [5.74, 6) is 0.824. The molecular formula is C24H27N3O2S. The third-order valence-electron chi connectivity index (χ3n) is 5.43. The van der Waals surface area contributed by atoms with Crippen LogP contribution in [0.4, 0.5) is 5.13 Å². The fraction of sp³-hybridized carbons (Fsp3) is 0.333. The van der Waals surface area contributed by atoms with Gasteiger partial charge in [-0.2, -0.15) is 0 Å². The number of benzene rings is 2. The molecule has 2 aromatic carbocycles. The molecule has 1 aliphatic rings. The van der Waals surface area contributed by atoms with Crippen molar-refractivity contribution in [2.45, 2.75) is 19.3 Å². The number of aromatic nitrogens is 1. The van der Waals surface area contributed by atoms with Gasteiger partial charge in [0.25, 0.3) is 5.91 Å². The molecule has 5 nitrogen and oxygen atoms in total. The number of ether oxygens (including phenoxy) is 1. The number of carbonyl (C=O) groups is 1. The highest BCUT2D eigenvalue weighted by Gasteiger charge is 2.21. The molecular weight excluding hydrogens is 394 g/mol. The number of likely N-dealkylation sites (tertiary alicyclic amines) is 1. The topological polar surface area (TPSA) is 45.7 Å². The molecule has 0 atom stereocenters. The van der Waals surface area contributed by atoms with Gasteiger partial charge in [0.1, 0.15) is 5.75 Å². The molecule has 2 heterocycles. The molecule has 6 heteroatoms. The average molecular weight is 422 g/mol. The Labute approximate surface area is 181 Å². The van der Waals surface area contributed by atoms with E-state index in [-0.39, 0.29) is 5.91 Å². The highest BCUT2D eigenvalue weighted by atomic mass is 32.1. The SMILES string of the molecule is COc1ccc(-c2csc(N(CCCN3CCCC3)C(=O)c3ccccc3)n2)cc1. The van der Waals surface area contributed by atoms with Crippen LogP contribution >= 0.6 is 11.3 Å². The van der Waals surface area contributed by atoms with E-state index in [1.165, 1.54) is 37.3 Å². The first kappa shape index (κ1) is 20.6. The predicted molar refractivity (Wildman–Crippen MR) is 123 cm³/mol. The minimum atomic E-state index is 0.00709. The number of carbonyl (C=O) groups excluding carboxylic acids is 1. The molecule has 0 saturated carbocycles. The van der Waals surface area contributed by atoms with Crippen LogP contribution in [0.2, 0.25) is 0 Å². The number of anilines is 1. The summed E-state index contributed by atoms with van der Waals surface area (Å²) in [5, 5.41) is 2.76. The van der Waals surface area contributed by atoms with Crippen LogP contribution in [0.3, 0.4) is 0 Å². The molecule has 4 rings (SSSR count). The number of methoxy groups -OCH3 is 1. The lowest BCUT2D eigenvalue weighted by Crippen LogP contribution is -2.34. The molecule has 30 heavy (non-hydrogen) atoms. The summed E-state index contributed by atoms with van der Waals surface area (Å²) in [6.45, 7) is 4.03. The number of hydrogen-bond donors (Lipinski definition) is 0. The lowest BCUT2D eigenvalue weighted by atomic mass is 10.2. The van der Waals surface area contributed by atoms with Crippen LogP contribution in [0.15, 0.2) is 60.0 Å². The minimum absolute atomic E-state index is 0.00709. The van der Waals surface area contributed by atoms with E-state index in [9.17, 15) is 4.79 Å². The van der Waals surface area contributed by atoms with Crippen LogP contribution in [0.5, 0.6) is 5.75 Å². The highest BCUT2D eigenvalue weighted by Crippen LogP contribution is 2.29. The monoisotopic (exact) mass is 421 g/mol. The van der Waals surface area contributed by atoms with Gasteiger partial charge in [0.2, 0.25) is 0 Å². The maximum Gasteiger partial charge on any atom is 0.260 e. The first-order chi connectivity index (χ1) is 14.7. The van der Waals surface area contributed by atoms with Crippen LogP contribution in [0, 0.1) is 0 Å². The van der Waals surface area contributed by atoms with E-state index < -0.39 is 0 Å². The lowest BCUT2D eigenvalue weighted by molar-refractivity contribution is 0.0986. The van der Waals surface area contributed by atoms with Crippen molar-refractivity contribution in [1.29, 1.82) is 0 Å². The zero-order valence-electron chi connectivity index (χ0n) is 17.3. The van der Waals surface area contributed by atoms with Crippen molar-refractivity contribution in [1.82, 2.24) is 9.88 Å². The van der Waals surface area contributed by atoms with Gasteiger partial charge >= 0.3 is 0 Å². The molecule has 1 aromatic heterocycles. The summed E-state index contributed by atoms with van der Waals surface area (Å²) in [7, 11) is 1.66. The van der Waals surface area contributed by atoms with Gasteiger partial charge in [0.05, 0.1) is 12.8 Å². The fourth-order valence-electron chi connectivity index (χ4n) is 3.76. The molecule has 0 spiro atoms. The Hall–Kier alpha value is -2.70. The van der Waals surface area contributed by atoms with E-state index in [0.29, 0.717) is 12.1 Å². The Bertz CT molecular complexity index is 950. The molecule has 0 unspecified atom stereocenters. The van der Waals surface area contributed by atoms with Crippen LogP contribution < -0.4 is 9.64 Å². The van der Waals surface area contributed by atoms with E-state index >= 15 is 0 Å². The summed E-state index contributed by atoms with van der Waals surface area (Å²) in [6, 6.07) is 17.3. The van der Waals surface area contributed by atoms with Crippen molar-refractivity contribution in [3.8, 4) is 17.0 Å². The summed E-state index contributed by atoms with van der Waals surface area (Å²) in [4.78, 5) is 22.4. The van der Waals surface area contributed by atoms with Crippen molar-refractivity contribution in [2.75, 3.05) is 38.2 Å². The van der Waals surface area contributed by atoms with Crippen LogP contribution in [-0.4, -0.2) is 49.1 Å². The van der Waals surface area contributed by atoms with Gasteiger partial charge in [-0.15, -0.1) is 11.3 Å². The first-order valence-electron chi connectivity index (χ1n) is 10.4. The normalized spacial score (nSPS) is 14.0. The molecule has 0 aliphatic carbocycles. The van der Waals surface area contributed by atoms with E-state index in [2.05, 4.69) is 4.90 Å². The minimum Gasteiger partial charge on any atom is -0.497 e. The van der Waals surface area contributed by atoms with Gasteiger partial charge in [-0.1, -0.05) is 18.2 Å². The quantitative estimate of drug-likeness (QED) is 0.516. The molecule has 156 valence electrons. The standard InChI is InChI=1S/C24H27N3O2S/c1-29-21-12-10-19(11-13-21)22-18-30-24(25-22)27(17-7-16-26-14-5-6-15-26)23(28)20-8-3-2-4-9-20/h2-4,8-13,18H,5-7,14-17H2,1H3. The van der Waals surface area contributed by atoms with Gasteiger partial charge in [-0.25, -0.2) is 4.98 Å². The lowest BCUT2D eigenvalue weighted by Gasteiger charge is -2.22. The van der Waals surface area contributed by atoms with E-state index in [4.69, 9.17) is 9.72 Å². The third-order valence-corrected chi connectivity index (χ3v) is 6.29. The van der Waals surface area contributed by atoms with Crippen LogP contribution in [0.25, 0.3) is 11.3 Å². The Morgan fingerprint density at radius 2 is 1.83 bits per heavy atom. The second kappa shape index (κ2) is 9.87. The highest BCUT2D eigenvalue weighted by molar-refractivity contribution is 7.14. The number of nitrogens with zero attached hydrogens (tertiary/aromatic N) is 3. The second-order valence-corrected chi connectivity index (χ2v) is 8.31. The van der Waals surface area contributed by atoms with E-state index in [0.717, 1.165) is 35.1 Å². The van der Waals surface area contributed by atoms with Crippen molar-refractivity contribution in [3.63, 3.8) is 0 Å². The Balaban J connectivity index is 1.53. The number of rotatable bonds is 8. The molecule has 1 aliphatic heterocycles. The molecule has 0 N–H and O–H groups in total. The number of amides is 1. The molecule has 1 fully saturated rings. The van der Waals surface area contributed by atoms with Gasteiger partial charge in [0.15, 0.2) is 5.13 Å². The van der Waals surface area contributed by atoms with Gasteiger partial charge in [-0.3, -0.25) is 9.69 Å². The predicted octanol–water partition coefficient (Wildman–Crippen LogP) is 4.95. The molecule has 1 amide bonds. The van der Waals surface area contributed by atoms with Gasteiger partial charge in [-0.05, 0) is 75.3 Å². The smallest absolute Gasteiger partial charge is 0.260 e. The zero-order valence-corrected chi connectivity index (χ0v) is 18.1. The molecule has 1 saturated heterocycles. The zero-order chi connectivity index (χ0) is 20.8. The summed E-state index contributed by atoms with van der Waals surface area (Å²) in [6.07, 6.45) is 3.50. The van der Waals surface area contributed by atoms with Crippen molar-refractivity contribution >= 4 is 22.4 Å². The largest absolute Gasteiger partial charge is 0.497 e. The summed E-state index contributed by atoms with van der Waals surface area (Å²) >= 11 is 1.52. The number of hydrogen-bond acceptors (Lipinski definition) is 5. The average Bonchev–Trinajstić information content (AvgIpc) is 3.49. The Morgan fingerprint density at radius 3 is 2.53 bits per heavy atom. The third kappa shape index (κ3) is 4.89. The van der Waals surface area contributed by atoms with Crippen LogP contribution in [0.1, 0.15) is 29.6 Å². The van der Waals surface area contributed by atoms with Crippen molar-refractivity contribution in [2.24, 2.45) is 0 Å². The maximum atomic E-state index is 13.3. The Kier molecular flexibility index (Phi) is 6.77. The van der Waals surface area contributed by atoms with Gasteiger partial charge < -0.3 is 9.64 Å². The molecule has 0 bridgehead atoms. The summed E-state index contributed by atoms with van der Waals surface area (Å²) < 4.78 is 5.24.